The fraction of sp³-hybridized carbons (Fsp3) is 0.200. The minimum Gasteiger partial charge on any atom is -0.478 e. The maximum atomic E-state index is 12.9. The number of hydrogen-bond donors (Lipinski definition) is 2. The van der Waals surface area contributed by atoms with Gasteiger partial charge < -0.3 is 24.3 Å². The molecule has 0 unspecified atom stereocenters. The summed E-state index contributed by atoms with van der Waals surface area (Å²) in [6.45, 7) is 3.41. The van der Waals surface area contributed by atoms with Crippen LogP contribution in [0.5, 0.6) is 0 Å². The fourth-order valence-electron chi connectivity index (χ4n) is 3.09. The lowest BCUT2D eigenvalue weighted by atomic mass is 10.1. The third-order valence-electron chi connectivity index (χ3n) is 4.77. The van der Waals surface area contributed by atoms with Crippen molar-refractivity contribution in [3.63, 3.8) is 0 Å². The zero-order valence-electron chi connectivity index (χ0n) is 18.5. The van der Waals surface area contributed by atoms with Gasteiger partial charge >= 0.3 is 17.9 Å². The number of esters is 2. The Balaban J connectivity index is 1.86. The van der Waals surface area contributed by atoms with Gasteiger partial charge in [0.15, 0.2) is 0 Å². The highest BCUT2D eigenvalue weighted by atomic mass is 16.6. The number of furan rings is 1. The lowest BCUT2D eigenvalue weighted by Crippen LogP contribution is -2.50. The van der Waals surface area contributed by atoms with Crippen molar-refractivity contribution in [3.8, 4) is 0 Å². The Morgan fingerprint density at radius 2 is 1.41 bits per heavy atom. The monoisotopic (exact) mass is 465 g/mol. The van der Waals surface area contributed by atoms with Crippen LogP contribution in [0, 0.1) is 13.8 Å². The van der Waals surface area contributed by atoms with Gasteiger partial charge in [-0.2, -0.15) is 0 Å². The summed E-state index contributed by atoms with van der Waals surface area (Å²) in [6.07, 6.45) is -2.66. The molecule has 2 atom stereocenters. The molecule has 34 heavy (non-hydrogen) atoms. The fourth-order valence-corrected chi connectivity index (χ4v) is 3.09. The first-order chi connectivity index (χ1) is 16.2. The number of rotatable bonds is 9. The summed E-state index contributed by atoms with van der Waals surface area (Å²) in [6, 6.07) is 15.9. The van der Waals surface area contributed by atoms with E-state index in [1.807, 2.05) is 0 Å². The standard InChI is InChI=1S/C25H23NO8/c1-15-6-3-8-17(12-15)24(30)33-20(22(27)26-14-19-10-5-11-32-19)21(23(28)29)34-25(31)18-9-4-7-16(2)13-18/h3-13,20-21H,14H2,1-2H3,(H,26,27)(H,28,29)/t20-,21+/m0/s1. The Morgan fingerprint density at radius 3 is 1.88 bits per heavy atom. The number of benzene rings is 2. The quantitative estimate of drug-likeness (QED) is 0.461. The molecular formula is C25H23NO8. The molecule has 3 aromatic rings. The van der Waals surface area contributed by atoms with E-state index in [-0.39, 0.29) is 17.7 Å². The van der Waals surface area contributed by atoms with Crippen LogP contribution in [0.1, 0.15) is 37.6 Å². The van der Waals surface area contributed by atoms with Crippen LogP contribution < -0.4 is 5.32 Å². The zero-order chi connectivity index (χ0) is 24.7. The highest BCUT2D eigenvalue weighted by molar-refractivity contribution is 5.96. The Hall–Kier alpha value is -4.40. The van der Waals surface area contributed by atoms with Crippen LogP contribution in [0.4, 0.5) is 0 Å². The van der Waals surface area contributed by atoms with E-state index in [1.54, 1.807) is 50.2 Å². The summed E-state index contributed by atoms with van der Waals surface area (Å²) < 4.78 is 15.5. The molecule has 3 rings (SSSR count). The third kappa shape index (κ3) is 6.32. The van der Waals surface area contributed by atoms with Crippen LogP contribution in [0.3, 0.4) is 0 Å². The number of amides is 1. The minimum atomic E-state index is -2.10. The normalized spacial score (nSPS) is 12.3. The Kier molecular flexibility index (Phi) is 7.81. The second-order valence-corrected chi connectivity index (χ2v) is 7.53. The average molecular weight is 465 g/mol. The minimum absolute atomic E-state index is 0.0889. The third-order valence-corrected chi connectivity index (χ3v) is 4.77. The number of aliphatic carboxylic acids is 1. The summed E-state index contributed by atoms with van der Waals surface area (Å²) in [5.41, 5.74) is 1.71. The number of nitrogens with one attached hydrogen (secondary N) is 1. The number of carbonyl (C=O) groups excluding carboxylic acids is 3. The molecule has 9 heteroatoms. The molecule has 0 spiro atoms. The number of ether oxygens (including phenoxy) is 2. The SMILES string of the molecule is Cc1cccc(C(=O)O[C@H](C(=O)NCc2ccco2)[C@@H](OC(=O)c2cccc(C)c2)C(=O)O)c1. The first-order valence-electron chi connectivity index (χ1n) is 10.3. The Bertz CT molecular complexity index is 1190. The molecule has 1 amide bonds. The molecule has 1 heterocycles. The van der Waals surface area contributed by atoms with Gasteiger partial charge in [-0.3, -0.25) is 4.79 Å². The van der Waals surface area contributed by atoms with Crippen molar-refractivity contribution in [1.82, 2.24) is 5.32 Å². The van der Waals surface area contributed by atoms with Crippen LogP contribution in [-0.2, 0) is 25.6 Å². The molecule has 0 saturated heterocycles. The van der Waals surface area contributed by atoms with Gasteiger partial charge in [0.05, 0.1) is 23.9 Å². The molecule has 0 radical (unpaired) electrons. The Labute approximate surface area is 195 Å². The lowest BCUT2D eigenvalue weighted by Gasteiger charge is -2.23. The highest BCUT2D eigenvalue weighted by Crippen LogP contribution is 2.15. The molecule has 0 aliphatic heterocycles. The number of carbonyl (C=O) groups is 4. The second-order valence-electron chi connectivity index (χ2n) is 7.53. The first-order valence-corrected chi connectivity index (χ1v) is 10.3. The molecule has 9 nitrogen and oxygen atoms in total. The second kappa shape index (κ2) is 11.0. The summed E-state index contributed by atoms with van der Waals surface area (Å²) in [5.74, 6) is -4.16. The van der Waals surface area contributed by atoms with E-state index >= 15 is 0 Å². The van der Waals surface area contributed by atoms with Crippen LogP contribution in [0.25, 0.3) is 0 Å². The summed E-state index contributed by atoms with van der Waals surface area (Å²) in [4.78, 5) is 50.3. The van der Waals surface area contributed by atoms with Gasteiger partial charge in [-0.05, 0) is 50.2 Å². The molecule has 0 bridgehead atoms. The van der Waals surface area contributed by atoms with Crippen molar-refractivity contribution >= 4 is 23.8 Å². The number of hydrogen-bond acceptors (Lipinski definition) is 7. The van der Waals surface area contributed by atoms with E-state index in [0.717, 1.165) is 11.1 Å². The van der Waals surface area contributed by atoms with E-state index < -0.39 is 36.0 Å². The van der Waals surface area contributed by atoms with E-state index in [2.05, 4.69) is 5.32 Å². The van der Waals surface area contributed by atoms with Crippen molar-refractivity contribution < 1.29 is 38.2 Å². The van der Waals surface area contributed by atoms with Crippen molar-refractivity contribution in [2.75, 3.05) is 0 Å². The maximum absolute atomic E-state index is 12.9. The van der Waals surface area contributed by atoms with Gasteiger partial charge in [-0.25, -0.2) is 14.4 Å². The van der Waals surface area contributed by atoms with Crippen molar-refractivity contribution in [3.05, 3.63) is 94.9 Å². The Morgan fingerprint density at radius 1 is 0.853 bits per heavy atom. The van der Waals surface area contributed by atoms with Gasteiger partial charge in [0, 0.05) is 0 Å². The molecule has 2 aromatic carbocycles. The van der Waals surface area contributed by atoms with Gasteiger partial charge in [-0.15, -0.1) is 0 Å². The van der Waals surface area contributed by atoms with E-state index in [4.69, 9.17) is 13.9 Å². The van der Waals surface area contributed by atoms with Crippen LogP contribution >= 0.6 is 0 Å². The number of carboxylic acid groups (broad SMARTS) is 1. The van der Waals surface area contributed by atoms with E-state index in [1.165, 1.54) is 30.5 Å². The molecule has 0 aliphatic carbocycles. The maximum Gasteiger partial charge on any atom is 0.349 e. The molecular weight excluding hydrogens is 442 g/mol. The highest BCUT2D eigenvalue weighted by Gasteiger charge is 2.41. The molecule has 2 N–H and O–H groups in total. The first kappa shape index (κ1) is 24.2. The van der Waals surface area contributed by atoms with Crippen molar-refractivity contribution in [1.29, 1.82) is 0 Å². The largest absolute Gasteiger partial charge is 0.478 e. The number of aryl methyl sites for hydroxylation is 2. The average Bonchev–Trinajstić information content (AvgIpc) is 3.33. The summed E-state index contributed by atoms with van der Waals surface area (Å²) in [7, 11) is 0. The molecule has 1 aromatic heterocycles. The van der Waals surface area contributed by atoms with Crippen LogP contribution in [-0.4, -0.2) is 41.1 Å². The molecule has 0 saturated carbocycles. The lowest BCUT2D eigenvalue weighted by molar-refractivity contribution is -0.159. The number of carboxylic acids is 1. The van der Waals surface area contributed by atoms with Gasteiger partial charge in [0.2, 0.25) is 12.2 Å². The van der Waals surface area contributed by atoms with Crippen molar-refractivity contribution in [2.24, 2.45) is 0 Å². The summed E-state index contributed by atoms with van der Waals surface area (Å²) in [5, 5.41) is 12.2. The summed E-state index contributed by atoms with van der Waals surface area (Å²) >= 11 is 0. The topological polar surface area (TPSA) is 132 Å². The molecule has 0 fully saturated rings. The van der Waals surface area contributed by atoms with Crippen LogP contribution in [0.15, 0.2) is 71.3 Å². The smallest absolute Gasteiger partial charge is 0.349 e. The van der Waals surface area contributed by atoms with E-state index in [0.29, 0.717) is 5.76 Å². The molecule has 0 aliphatic rings. The van der Waals surface area contributed by atoms with Crippen LogP contribution in [0.2, 0.25) is 0 Å². The van der Waals surface area contributed by atoms with Crippen molar-refractivity contribution in [2.45, 2.75) is 32.6 Å². The predicted octanol–water partition coefficient (Wildman–Crippen LogP) is 3.05. The predicted molar refractivity (Wildman–Crippen MR) is 119 cm³/mol. The molecule has 176 valence electrons. The van der Waals surface area contributed by atoms with Gasteiger partial charge in [-0.1, -0.05) is 35.4 Å². The van der Waals surface area contributed by atoms with Gasteiger partial charge in [0.25, 0.3) is 5.91 Å². The zero-order valence-corrected chi connectivity index (χ0v) is 18.5. The van der Waals surface area contributed by atoms with Gasteiger partial charge in [0.1, 0.15) is 5.76 Å². The van der Waals surface area contributed by atoms with E-state index in [9.17, 15) is 24.3 Å².